The summed E-state index contributed by atoms with van der Waals surface area (Å²) in [4.78, 5) is 0. The molecule has 3 nitrogen and oxygen atoms in total. The van der Waals surface area contributed by atoms with Gasteiger partial charge in [-0.25, -0.2) is 8.42 Å². The lowest BCUT2D eigenvalue weighted by Gasteiger charge is -2.19. The number of halogens is 1. The van der Waals surface area contributed by atoms with Crippen LogP contribution in [0.2, 0.25) is 5.02 Å². The van der Waals surface area contributed by atoms with Crippen LogP contribution in [0.4, 0.5) is 0 Å². The minimum absolute atomic E-state index is 0.0107. The van der Waals surface area contributed by atoms with Crippen LogP contribution in [0.5, 0.6) is 0 Å². The van der Waals surface area contributed by atoms with Gasteiger partial charge in [-0.3, -0.25) is 0 Å². The Kier molecular flexibility index (Phi) is 5.43. The summed E-state index contributed by atoms with van der Waals surface area (Å²) in [6.07, 6.45) is 1.79. The fourth-order valence-electron chi connectivity index (χ4n) is 1.70. The molecule has 0 bridgehead atoms. The van der Waals surface area contributed by atoms with Crippen LogP contribution in [-0.2, 0) is 9.84 Å². The maximum atomic E-state index is 11.2. The average molecular weight is 276 g/mol. The summed E-state index contributed by atoms with van der Waals surface area (Å²) in [6.45, 7) is 2.77. The average Bonchev–Trinajstić information content (AvgIpc) is 2.24. The van der Waals surface area contributed by atoms with Gasteiger partial charge in [0.1, 0.15) is 9.84 Å². The van der Waals surface area contributed by atoms with Crippen molar-refractivity contribution in [3.63, 3.8) is 0 Å². The minimum Gasteiger partial charge on any atom is -0.310 e. The number of hydrogen-bond acceptors (Lipinski definition) is 3. The van der Waals surface area contributed by atoms with Crippen molar-refractivity contribution in [1.29, 1.82) is 0 Å². The highest BCUT2D eigenvalue weighted by Crippen LogP contribution is 2.25. The monoisotopic (exact) mass is 275 g/mol. The van der Waals surface area contributed by atoms with Crippen LogP contribution >= 0.6 is 11.6 Å². The van der Waals surface area contributed by atoms with E-state index in [9.17, 15) is 8.42 Å². The maximum absolute atomic E-state index is 11.2. The molecule has 0 aliphatic rings. The molecule has 0 heterocycles. The van der Waals surface area contributed by atoms with Gasteiger partial charge in [-0.15, -0.1) is 0 Å². The van der Waals surface area contributed by atoms with Crippen molar-refractivity contribution in [3.05, 3.63) is 34.9 Å². The van der Waals surface area contributed by atoms with Gasteiger partial charge in [0.2, 0.25) is 0 Å². The summed E-state index contributed by atoms with van der Waals surface area (Å²) in [5, 5.41) is 3.94. The number of sulfone groups is 1. The minimum atomic E-state index is -2.94. The van der Waals surface area contributed by atoms with Crippen LogP contribution in [0.15, 0.2) is 24.3 Å². The van der Waals surface area contributed by atoms with Crippen molar-refractivity contribution >= 4 is 21.4 Å². The van der Waals surface area contributed by atoms with Crippen molar-refractivity contribution in [2.75, 3.05) is 18.6 Å². The van der Waals surface area contributed by atoms with Gasteiger partial charge in [0.15, 0.2) is 0 Å². The Hall–Kier alpha value is -0.580. The molecule has 0 spiro atoms. The van der Waals surface area contributed by atoms with Crippen molar-refractivity contribution < 1.29 is 8.42 Å². The first-order chi connectivity index (χ1) is 7.94. The van der Waals surface area contributed by atoms with E-state index < -0.39 is 9.84 Å². The van der Waals surface area contributed by atoms with Crippen LogP contribution in [-0.4, -0.2) is 27.0 Å². The summed E-state index contributed by atoms with van der Waals surface area (Å²) in [5.74, 6) is 0.163. The van der Waals surface area contributed by atoms with Crippen LogP contribution in [0.3, 0.4) is 0 Å². The molecule has 0 fully saturated rings. The second-order valence-electron chi connectivity index (χ2n) is 4.05. The molecule has 1 aromatic carbocycles. The second-order valence-corrected chi connectivity index (χ2v) is 6.72. The normalized spacial score (nSPS) is 13.6. The predicted octanol–water partition coefficient (Wildman–Crippen LogP) is 2.43. The topological polar surface area (TPSA) is 46.2 Å². The largest absolute Gasteiger partial charge is 0.310 e. The molecule has 0 aromatic heterocycles. The third kappa shape index (κ3) is 5.06. The molecule has 1 N–H and O–H groups in total. The number of nitrogens with one attached hydrogen (secondary N) is 1. The maximum Gasteiger partial charge on any atom is 0.147 e. The van der Waals surface area contributed by atoms with E-state index in [1.165, 1.54) is 6.26 Å². The van der Waals surface area contributed by atoms with E-state index in [-0.39, 0.29) is 11.8 Å². The van der Waals surface area contributed by atoms with Crippen molar-refractivity contribution in [2.24, 2.45) is 0 Å². The molecule has 0 amide bonds. The zero-order chi connectivity index (χ0) is 12.9. The Balaban J connectivity index is 2.82. The van der Waals surface area contributed by atoms with Crippen molar-refractivity contribution in [3.8, 4) is 0 Å². The van der Waals surface area contributed by atoms with Crippen LogP contribution < -0.4 is 5.32 Å². The Morgan fingerprint density at radius 1 is 1.35 bits per heavy atom. The summed E-state index contributed by atoms with van der Waals surface area (Å²) in [5.41, 5.74) is 0.958. The summed E-state index contributed by atoms with van der Waals surface area (Å²) < 4.78 is 22.4. The van der Waals surface area contributed by atoms with Gasteiger partial charge in [0.25, 0.3) is 0 Å². The van der Waals surface area contributed by atoms with E-state index in [2.05, 4.69) is 5.32 Å². The van der Waals surface area contributed by atoms with E-state index in [1.807, 2.05) is 31.2 Å². The third-order valence-electron chi connectivity index (χ3n) is 2.51. The summed E-state index contributed by atoms with van der Waals surface area (Å²) in [6, 6.07) is 7.51. The SMILES string of the molecule is CCNC(CCS(C)(=O)=O)c1ccccc1Cl. The van der Waals surface area contributed by atoms with E-state index in [0.29, 0.717) is 11.4 Å². The molecule has 1 rings (SSSR count). The lowest BCUT2D eigenvalue weighted by atomic mass is 10.0. The van der Waals surface area contributed by atoms with Gasteiger partial charge < -0.3 is 5.32 Å². The molecule has 5 heteroatoms. The van der Waals surface area contributed by atoms with E-state index in [4.69, 9.17) is 11.6 Å². The highest BCUT2D eigenvalue weighted by Gasteiger charge is 2.15. The number of benzene rings is 1. The molecule has 1 unspecified atom stereocenters. The highest BCUT2D eigenvalue weighted by molar-refractivity contribution is 7.90. The molecule has 0 aliphatic heterocycles. The Morgan fingerprint density at radius 3 is 2.53 bits per heavy atom. The molecule has 0 radical (unpaired) electrons. The zero-order valence-corrected chi connectivity index (χ0v) is 11.7. The van der Waals surface area contributed by atoms with Gasteiger partial charge in [0, 0.05) is 17.3 Å². The van der Waals surface area contributed by atoms with Gasteiger partial charge in [0.05, 0.1) is 5.75 Å². The smallest absolute Gasteiger partial charge is 0.147 e. The number of rotatable bonds is 6. The quantitative estimate of drug-likeness (QED) is 0.867. The highest BCUT2D eigenvalue weighted by atomic mass is 35.5. The molecule has 1 atom stereocenters. The summed E-state index contributed by atoms with van der Waals surface area (Å²) >= 11 is 6.12. The van der Waals surface area contributed by atoms with Gasteiger partial charge in [-0.2, -0.15) is 0 Å². The summed E-state index contributed by atoms with van der Waals surface area (Å²) in [7, 11) is -2.94. The molecular formula is C12H18ClNO2S. The van der Waals surface area contributed by atoms with Gasteiger partial charge in [-0.05, 0) is 24.6 Å². The van der Waals surface area contributed by atoms with Crippen LogP contribution in [0.25, 0.3) is 0 Å². The Labute approximate surface area is 108 Å². The van der Waals surface area contributed by atoms with E-state index in [0.717, 1.165) is 12.1 Å². The van der Waals surface area contributed by atoms with Crippen molar-refractivity contribution in [1.82, 2.24) is 5.32 Å². The molecule has 0 aliphatic carbocycles. The zero-order valence-electron chi connectivity index (χ0n) is 10.1. The first kappa shape index (κ1) is 14.5. The van der Waals surface area contributed by atoms with Crippen molar-refractivity contribution in [2.45, 2.75) is 19.4 Å². The Bertz CT molecular complexity index is 459. The molecule has 0 saturated carbocycles. The molecule has 96 valence electrons. The van der Waals surface area contributed by atoms with Gasteiger partial charge >= 0.3 is 0 Å². The first-order valence-electron chi connectivity index (χ1n) is 5.59. The fourth-order valence-corrected chi connectivity index (χ4v) is 2.63. The van der Waals surface area contributed by atoms with E-state index in [1.54, 1.807) is 0 Å². The second kappa shape index (κ2) is 6.38. The first-order valence-corrected chi connectivity index (χ1v) is 8.03. The third-order valence-corrected chi connectivity index (χ3v) is 3.83. The molecular weight excluding hydrogens is 258 g/mol. The lowest BCUT2D eigenvalue weighted by Crippen LogP contribution is -2.23. The number of hydrogen-bond donors (Lipinski definition) is 1. The van der Waals surface area contributed by atoms with Gasteiger partial charge in [-0.1, -0.05) is 36.7 Å². The standard InChI is InChI=1S/C12H18ClNO2S/c1-3-14-12(8-9-17(2,15)16)10-6-4-5-7-11(10)13/h4-7,12,14H,3,8-9H2,1-2H3. The lowest BCUT2D eigenvalue weighted by molar-refractivity contribution is 0.530. The molecule has 1 aromatic rings. The van der Waals surface area contributed by atoms with Crippen LogP contribution in [0.1, 0.15) is 24.9 Å². The Morgan fingerprint density at radius 2 is 2.00 bits per heavy atom. The van der Waals surface area contributed by atoms with E-state index >= 15 is 0 Å². The molecule has 17 heavy (non-hydrogen) atoms. The van der Waals surface area contributed by atoms with Crippen LogP contribution in [0, 0.1) is 0 Å². The molecule has 0 saturated heterocycles. The fraction of sp³-hybridized carbons (Fsp3) is 0.500. The predicted molar refractivity (Wildman–Crippen MR) is 72.2 cm³/mol.